The van der Waals surface area contributed by atoms with Crippen molar-refractivity contribution in [1.29, 1.82) is 0 Å². The van der Waals surface area contributed by atoms with Crippen molar-refractivity contribution in [3.05, 3.63) is 38.9 Å². The normalized spacial score (nSPS) is 8.93. The number of nitro groups is 1. The van der Waals surface area contributed by atoms with E-state index in [4.69, 9.17) is 16.7 Å². The van der Waals surface area contributed by atoms with Crippen LogP contribution in [0.15, 0.2) is 18.2 Å². The van der Waals surface area contributed by atoms with Crippen LogP contribution in [-0.2, 0) is 0 Å². The SMILES string of the molecule is O=C(O)c1cc(Cl)ccc1[N+](=O)[O-].[NaH]. The van der Waals surface area contributed by atoms with Crippen LogP contribution >= 0.6 is 11.6 Å². The zero-order valence-electron chi connectivity index (χ0n) is 6.23. The van der Waals surface area contributed by atoms with Gasteiger partial charge in [-0.2, -0.15) is 0 Å². The number of benzene rings is 1. The maximum absolute atomic E-state index is 10.5. The van der Waals surface area contributed by atoms with E-state index in [2.05, 4.69) is 0 Å². The second-order valence-corrected chi connectivity index (χ2v) is 2.66. The van der Waals surface area contributed by atoms with E-state index in [0.717, 1.165) is 12.1 Å². The molecular weight excluding hydrogens is 221 g/mol. The zero-order chi connectivity index (χ0) is 10.0. The van der Waals surface area contributed by atoms with Gasteiger partial charge in [0.2, 0.25) is 0 Å². The predicted molar refractivity (Wildman–Crippen MR) is 52.2 cm³/mol. The molecular formula is C7H5ClNNaO4. The predicted octanol–water partition coefficient (Wildman–Crippen LogP) is 1.30. The third kappa shape index (κ3) is 2.95. The van der Waals surface area contributed by atoms with Gasteiger partial charge in [-0.05, 0) is 12.1 Å². The van der Waals surface area contributed by atoms with Gasteiger partial charge in [0, 0.05) is 11.1 Å². The second-order valence-electron chi connectivity index (χ2n) is 2.22. The molecule has 7 heteroatoms. The van der Waals surface area contributed by atoms with E-state index in [1.807, 2.05) is 0 Å². The van der Waals surface area contributed by atoms with E-state index >= 15 is 0 Å². The number of halogens is 1. The average molecular weight is 226 g/mol. The van der Waals surface area contributed by atoms with Gasteiger partial charge in [-0.15, -0.1) is 0 Å². The Balaban J connectivity index is 0.00000169. The molecule has 70 valence electrons. The van der Waals surface area contributed by atoms with Crippen LogP contribution in [0.1, 0.15) is 10.4 Å². The van der Waals surface area contributed by atoms with Gasteiger partial charge in [-0.1, -0.05) is 11.6 Å². The number of rotatable bonds is 2. The van der Waals surface area contributed by atoms with Crippen LogP contribution in [0.5, 0.6) is 0 Å². The summed E-state index contributed by atoms with van der Waals surface area (Å²) in [6.07, 6.45) is 0. The molecule has 0 unspecified atom stereocenters. The molecule has 0 aliphatic heterocycles. The fourth-order valence-electron chi connectivity index (χ4n) is 0.839. The second kappa shape index (κ2) is 5.31. The number of hydrogen-bond acceptors (Lipinski definition) is 3. The average Bonchev–Trinajstić information content (AvgIpc) is 2.03. The number of carboxylic acids is 1. The van der Waals surface area contributed by atoms with E-state index < -0.39 is 22.1 Å². The van der Waals surface area contributed by atoms with Gasteiger partial charge < -0.3 is 5.11 Å². The monoisotopic (exact) mass is 225 g/mol. The van der Waals surface area contributed by atoms with Crippen molar-refractivity contribution in [2.24, 2.45) is 0 Å². The Labute approximate surface area is 106 Å². The van der Waals surface area contributed by atoms with E-state index in [-0.39, 0.29) is 34.6 Å². The summed E-state index contributed by atoms with van der Waals surface area (Å²) in [5.41, 5.74) is -0.866. The van der Waals surface area contributed by atoms with E-state index in [0.29, 0.717) is 0 Å². The van der Waals surface area contributed by atoms with Gasteiger partial charge in [0.1, 0.15) is 5.56 Å². The summed E-state index contributed by atoms with van der Waals surface area (Å²) in [5, 5.41) is 19.1. The van der Waals surface area contributed by atoms with Crippen molar-refractivity contribution < 1.29 is 14.8 Å². The Bertz CT molecular complexity index is 382. The molecule has 5 nitrogen and oxygen atoms in total. The van der Waals surface area contributed by atoms with Crippen LogP contribution in [0.4, 0.5) is 5.69 Å². The van der Waals surface area contributed by atoms with Gasteiger partial charge in [-0.3, -0.25) is 10.1 Å². The fourth-order valence-corrected chi connectivity index (χ4v) is 1.01. The summed E-state index contributed by atoms with van der Waals surface area (Å²) in [6, 6.07) is 3.37. The molecule has 14 heavy (non-hydrogen) atoms. The molecule has 0 aliphatic rings. The number of nitrogens with zero attached hydrogens (tertiary/aromatic N) is 1. The topological polar surface area (TPSA) is 80.4 Å². The van der Waals surface area contributed by atoms with Crippen molar-refractivity contribution in [2.45, 2.75) is 0 Å². The molecule has 1 aromatic carbocycles. The van der Waals surface area contributed by atoms with Crippen LogP contribution in [0, 0.1) is 10.1 Å². The summed E-state index contributed by atoms with van der Waals surface area (Å²) in [7, 11) is 0. The van der Waals surface area contributed by atoms with Gasteiger partial charge in [-0.25, -0.2) is 4.79 Å². The van der Waals surface area contributed by atoms with E-state index in [9.17, 15) is 14.9 Å². The summed E-state index contributed by atoms with van der Waals surface area (Å²) in [4.78, 5) is 20.1. The molecule has 1 aromatic rings. The number of carboxylic acid groups (broad SMARTS) is 1. The minimum atomic E-state index is -1.37. The van der Waals surface area contributed by atoms with Crippen LogP contribution in [0.3, 0.4) is 0 Å². The zero-order valence-corrected chi connectivity index (χ0v) is 6.99. The van der Waals surface area contributed by atoms with Crippen LogP contribution in [-0.4, -0.2) is 45.6 Å². The molecule has 0 bridgehead atoms. The fraction of sp³-hybridized carbons (Fsp3) is 0. The summed E-state index contributed by atoms with van der Waals surface area (Å²) < 4.78 is 0. The first-order valence-corrected chi connectivity index (χ1v) is 3.57. The van der Waals surface area contributed by atoms with Crippen molar-refractivity contribution in [3.63, 3.8) is 0 Å². The molecule has 0 saturated carbocycles. The Morgan fingerprint density at radius 2 is 2.07 bits per heavy atom. The molecule has 0 heterocycles. The molecule has 0 aromatic heterocycles. The number of carbonyl (C=O) groups is 1. The van der Waals surface area contributed by atoms with Crippen LogP contribution in [0.2, 0.25) is 5.02 Å². The first-order chi connectivity index (χ1) is 6.02. The van der Waals surface area contributed by atoms with Gasteiger partial charge >= 0.3 is 35.5 Å². The standard InChI is InChI=1S/C7H4ClNO4.Na.H/c8-4-1-2-6(9(12)13)5(3-4)7(10)11;;/h1-3H,(H,10,11);;. The number of hydrogen-bond donors (Lipinski definition) is 1. The molecule has 1 N–H and O–H groups in total. The first-order valence-electron chi connectivity index (χ1n) is 3.19. The molecule has 0 amide bonds. The Morgan fingerprint density at radius 1 is 1.50 bits per heavy atom. The van der Waals surface area contributed by atoms with Crippen LogP contribution in [0.25, 0.3) is 0 Å². The third-order valence-electron chi connectivity index (χ3n) is 1.39. The number of nitro benzene ring substituents is 1. The summed E-state index contributed by atoms with van der Waals surface area (Å²) >= 11 is 5.48. The molecule has 0 radical (unpaired) electrons. The molecule has 0 fully saturated rings. The molecule has 1 rings (SSSR count). The Kier molecular flexibility index (Phi) is 5.07. The molecule has 0 aliphatic carbocycles. The quantitative estimate of drug-likeness (QED) is 0.467. The van der Waals surface area contributed by atoms with E-state index in [1.165, 1.54) is 6.07 Å². The Hall–Kier alpha value is -0.620. The Morgan fingerprint density at radius 3 is 2.50 bits per heavy atom. The molecule has 0 spiro atoms. The van der Waals surface area contributed by atoms with Crippen LogP contribution < -0.4 is 0 Å². The van der Waals surface area contributed by atoms with Crippen molar-refractivity contribution in [1.82, 2.24) is 0 Å². The van der Waals surface area contributed by atoms with Crippen molar-refractivity contribution in [3.8, 4) is 0 Å². The maximum atomic E-state index is 10.5. The van der Waals surface area contributed by atoms with Crippen molar-refractivity contribution in [2.75, 3.05) is 0 Å². The third-order valence-corrected chi connectivity index (χ3v) is 1.62. The van der Waals surface area contributed by atoms with Gasteiger partial charge in [0.15, 0.2) is 0 Å². The minimum absolute atomic E-state index is 0. The van der Waals surface area contributed by atoms with Gasteiger partial charge in [0.05, 0.1) is 4.92 Å². The van der Waals surface area contributed by atoms with E-state index in [1.54, 1.807) is 0 Å². The molecule has 0 atom stereocenters. The summed E-state index contributed by atoms with van der Waals surface area (Å²) in [6.45, 7) is 0. The number of aromatic carboxylic acids is 1. The summed E-state index contributed by atoms with van der Waals surface area (Å²) in [5.74, 6) is -1.37. The van der Waals surface area contributed by atoms with Gasteiger partial charge in [0.25, 0.3) is 5.69 Å². The first kappa shape index (κ1) is 13.4. The van der Waals surface area contributed by atoms with Crippen molar-refractivity contribution >= 4 is 52.8 Å². The molecule has 0 saturated heterocycles.